The van der Waals surface area contributed by atoms with Crippen molar-refractivity contribution in [1.82, 2.24) is 10.3 Å². The van der Waals surface area contributed by atoms with E-state index >= 15 is 0 Å². The number of thioether (sulfide) groups is 1. The number of aryl methyl sites for hydroxylation is 2. The average molecular weight is 669 g/mol. The van der Waals surface area contributed by atoms with Gasteiger partial charge in [-0.25, -0.2) is 4.98 Å². The number of rotatable bonds is 10. The van der Waals surface area contributed by atoms with Crippen LogP contribution in [0, 0.1) is 13.8 Å². The first-order valence-corrected chi connectivity index (χ1v) is 17.0. The minimum Gasteiger partial charge on any atom is -0.321 e. The van der Waals surface area contributed by atoms with E-state index in [9.17, 15) is 14.4 Å². The smallest absolute Gasteiger partial charge is 0.272 e. The summed E-state index contributed by atoms with van der Waals surface area (Å²) in [5.41, 5.74) is 5.75. The highest BCUT2D eigenvalue weighted by atomic mass is 32.2. The van der Waals surface area contributed by atoms with Crippen LogP contribution in [0.25, 0.3) is 16.3 Å². The molecule has 0 spiro atoms. The second-order valence-electron chi connectivity index (χ2n) is 11.2. The lowest BCUT2D eigenvalue weighted by Crippen LogP contribution is -2.30. The van der Waals surface area contributed by atoms with Gasteiger partial charge in [0.1, 0.15) is 10.9 Å². The zero-order chi connectivity index (χ0) is 33.5. The Balaban J connectivity index is 1.18. The molecule has 6 rings (SSSR count). The molecule has 0 aliphatic carbocycles. The highest BCUT2D eigenvalue weighted by Crippen LogP contribution is 2.37. The number of hydrogen-bond donors (Lipinski definition) is 3. The van der Waals surface area contributed by atoms with E-state index in [4.69, 9.17) is 0 Å². The highest BCUT2D eigenvalue weighted by molar-refractivity contribution is 8.00. The molecule has 3 N–H and O–H groups in total. The van der Waals surface area contributed by atoms with Gasteiger partial charge in [-0.05, 0) is 85.1 Å². The zero-order valence-corrected chi connectivity index (χ0v) is 27.9. The fourth-order valence-electron chi connectivity index (χ4n) is 4.98. The van der Waals surface area contributed by atoms with Crippen LogP contribution in [-0.2, 0) is 9.59 Å². The first-order valence-electron chi connectivity index (χ1n) is 15.3. The van der Waals surface area contributed by atoms with Gasteiger partial charge in [-0.3, -0.25) is 14.4 Å². The standard InChI is InChI=1S/C39H32N4O3S2/c1-25-10-9-11-27(22-25)24-33(41-36(44)29-14-7-4-8-15-29)37(45)40-30-17-19-31(20-18-30)47-35(28-12-5-3-6-13-28)38(46)43-39-42-32-21-16-26(2)23-34(32)48-39/h3-24,35H,1-2H3,(H,40,45)(H,41,44)(H,42,43,46)/b33-24-. The van der Waals surface area contributed by atoms with E-state index in [1.807, 2.05) is 98.8 Å². The monoisotopic (exact) mass is 668 g/mol. The number of carbonyl (C=O) groups is 3. The van der Waals surface area contributed by atoms with Crippen molar-refractivity contribution in [2.24, 2.45) is 0 Å². The van der Waals surface area contributed by atoms with Crippen LogP contribution >= 0.6 is 23.1 Å². The second-order valence-corrected chi connectivity index (χ2v) is 13.4. The Kier molecular flexibility index (Phi) is 10.1. The van der Waals surface area contributed by atoms with Crippen LogP contribution in [0.1, 0.15) is 37.9 Å². The number of thiazole rings is 1. The molecular weight excluding hydrogens is 637 g/mol. The average Bonchev–Trinajstić information content (AvgIpc) is 3.49. The van der Waals surface area contributed by atoms with Crippen LogP contribution in [0.15, 0.2) is 138 Å². The van der Waals surface area contributed by atoms with Crippen LogP contribution < -0.4 is 16.0 Å². The van der Waals surface area contributed by atoms with E-state index in [0.29, 0.717) is 16.4 Å². The molecule has 1 atom stereocenters. The van der Waals surface area contributed by atoms with Gasteiger partial charge < -0.3 is 16.0 Å². The Bertz CT molecular complexity index is 2110. The van der Waals surface area contributed by atoms with Crippen molar-refractivity contribution in [2.45, 2.75) is 24.0 Å². The van der Waals surface area contributed by atoms with Crippen molar-refractivity contribution >= 4 is 67.9 Å². The number of fused-ring (bicyclic) bond motifs is 1. The lowest BCUT2D eigenvalue weighted by Gasteiger charge is -2.17. The SMILES string of the molecule is Cc1cccc(/C=C(\NC(=O)c2ccccc2)C(=O)Nc2ccc(SC(C(=O)Nc3nc4ccc(C)cc4s3)c3ccccc3)cc2)c1. The molecule has 5 aromatic carbocycles. The van der Waals surface area contributed by atoms with Gasteiger partial charge in [0.15, 0.2) is 5.13 Å². The zero-order valence-electron chi connectivity index (χ0n) is 26.3. The van der Waals surface area contributed by atoms with E-state index in [1.165, 1.54) is 23.1 Å². The van der Waals surface area contributed by atoms with E-state index in [1.54, 1.807) is 42.5 Å². The Morgan fingerprint density at radius 3 is 2.19 bits per heavy atom. The minimum absolute atomic E-state index is 0.110. The third kappa shape index (κ3) is 8.25. The topological polar surface area (TPSA) is 100 Å². The minimum atomic E-state index is -0.544. The summed E-state index contributed by atoms with van der Waals surface area (Å²) < 4.78 is 1.02. The number of nitrogens with zero attached hydrogens (tertiary/aromatic N) is 1. The molecule has 238 valence electrons. The molecule has 0 saturated heterocycles. The van der Waals surface area contributed by atoms with Crippen LogP contribution in [0.5, 0.6) is 0 Å². The number of aromatic nitrogens is 1. The molecule has 0 bridgehead atoms. The van der Waals surface area contributed by atoms with E-state index in [-0.39, 0.29) is 17.5 Å². The normalized spacial score (nSPS) is 11.9. The van der Waals surface area contributed by atoms with Crippen molar-refractivity contribution < 1.29 is 14.4 Å². The Labute approximate surface area is 287 Å². The summed E-state index contributed by atoms with van der Waals surface area (Å²) in [6.45, 7) is 3.99. The van der Waals surface area contributed by atoms with Crippen molar-refractivity contribution in [2.75, 3.05) is 10.6 Å². The van der Waals surface area contributed by atoms with Crippen molar-refractivity contribution in [3.63, 3.8) is 0 Å². The number of carbonyl (C=O) groups excluding carboxylic acids is 3. The molecule has 1 unspecified atom stereocenters. The number of nitrogens with one attached hydrogen (secondary N) is 3. The predicted molar refractivity (Wildman–Crippen MR) is 196 cm³/mol. The molecule has 7 nitrogen and oxygen atoms in total. The summed E-state index contributed by atoms with van der Waals surface area (Å²) in [5, 5.41) is 8.70. The Morgan fingerprint density at radius 2 is 1.46 bits per heavy atom. The first-order chi connectivity index (χ1) is 23.3. The number of amides is 3. The molecule has 48 heavy (non-hydrogen) atoms. The quantitative estimate of drug-likeness (QED) is 0.100. The lowest BCUT2D eigenvalue weighted by molar-refractivity contribution is -0.116. The summed E-state index contributed by atoms with van der Waals surface area (Å²) >= 11 is 2.85. The van der Waals surface area contributed by atoms with Gasteiger partial charge in [0, 0.05) is 16.1 Å². The maximum atomic E-state index is 13.6. The first kappa shape index (κ1) is 32.4. The molecule has 0 aliphatic heterocycles. The van der Waals surface area contributed by atoms with Gasteiger partial charge in [0.2, 0.25) is 5.91 Å². The Morgan fingerprint density at radius 1 is 0.750 bits per heavy atom. The largest absolute Gasteiger partial charge is 0.321 e. The molecule has 0 saturated carbocycles. The molecule has 1 aromatic heterocycles. The van der Waals surface area contributed by atoms with Crippen molar-refractivity contribution in [3.05, 3.63) is 161 Å². The third-order valence-corrected chi connectivity index (χ3v) is 9.56. The van der Waals surface area contributed by atoms with Crippen LogP contribution in [0.4, 0.5) is 10.8 Å². The summed E-state index contributed by atoms with van der Waals surface area (Å²) in [6.07, 6.45) is 1.66. The summed E-state index contributed by atoms with van der Waals surface area (Å²) in [7, 11) is 0. The van der Waals surface area contributed by atoms with Crippen LogP contribution in [0.3, 0.4) is 0 Å². The van der Waals surface area contributed by atoms with E-state index < -0.39 is 11.2 Å². The van der Waals surface area contributed by atoms with Crippen LogP contribution in [-0.4, -0.2) is 22.7 Å². The van der Waals surface area contributed by atoms with Crippen molar-refractivity contribution in [1.29, 1.82) is 0 Å². The van der Waals surface area contributed by atoms with Gasteiger partial charge in [-0.1, -0.05) is 95.8 Å². The molecule has 0 fully saturated rings. The molecule has 0 aliphatic rings. The van der Waals surface area contributed by atoms with Gasteiger partial charge in [0.25, 0.3) is 11.8 Å². The second kappa shape index (κ2) is 14.9. The molecule has 3 amide bonds. The number of hydrogen-bond acceptors (Lipinski definition) is 6. The highest BCUT2D eigenvalue weighted by Gasteiger charge is 2.24. The molecule has 1 heterocycles. The fourth-order valence-corrected chi connectivity index (χ4v) is 6.97. The van der Waals surface area contributed by atoms with Gasteiger partial charge in [-0.15, -0.1) is 11.8 Å². The third-order valence-electron chi connectivity index (χ3n) is 7.36. The van der Waals surface area contributed by atoms with Gasteiger partial charge in [-0.2, -0.15) is 0 Å². The van der Waals surface area contributed by atoms with E-state index in [0.717, 1.165) is 37.4 Å². The summed E-state index contributed by atoms with van der Waals surface area (Å²) in [4.78, 5) is 45.6. The van der Waals surface area contributed by atoms with Crippen LogP contribution in [0.2, 0.25) is 0 Å². The van der Waals surface area contributed by atoms with Crippen molar-refractivity contribution in [3.8, 4) is 0 Å². The molecule has 9 heteroatoms. The molecular formula is C39H32N4O3S2. The molecule has 0 radical (unpaired) electrons. The number of anilines is 2. The number of benzene rings is 5. The van der Waals surface area contributed by atoms with Gasteiger partial charge in [0.05, 0.1) is 10.2 Å². The predicted octanol–water partition coefficient (Wildman–Crippen LogP) is 8.79. The lowest BCUT2D eigenvalue weighted by atomic mass is 10.1. The molecule has 6 aromatic rings. The maximum Gasteiger partial charge on any atom is 0.272 e. The summed E-state index contributed by atoms with van der Waals surface area (Å²) in [6, 6.07) is 39.3. The van der Waals surface area contributed by atoms with Gasteiger partial charge >= 0.3 is 0 Å². The summed E-state index contributed by atoms with van der Waals surface area (Å²) in [5.74, 6) is -1.03. The maximum absolute atomic E-state index is 13.6. The fraction of sp³-hybridized carbons (Fsp3) is 0.0769. The van der Waals surface area contributed by atoms with E-state index in [2.05, 4.69) is 27.0 Å². The Hall–Kier alpha value is -5.51.